The smallest absolute Gasteiger partial charge is 0.338 e. The standard InChI is InChI=1S/C21H25NO3/c1-2-24-19-12-13-22-20(14-19)17-8-10-18(11-9-17)21(23)25-15-16-6-4-3-5-7-16/h3-11,19-20,22H,2,12-15H2,1H3/t19-,20-/m0/s1. The third kappa shape index (κ3) is 4.91. The maximum Gasteiger partial charge on any atom is 0.338 e. The van der Waals surface area contributed by atoms with Gasteiger partial charge in [-0.05, 0) is 49.6 Å². The van der Waals surface area contributed by atoms with Gasteiger partial charge >= 0.3 is 5.97 Å². The van der Waals surface area contributed by atoms with E-state index in [-0.39, 0.29) is 12.0 Å². The van der Waals surface area contributed by atoms with Crippen LogP contribution in [0.4, 0.5) is 0 Å². The molecule has 4 heteroatoms. The van der Waals surface area contributed by atoms with Gasteiger partial charge in [0, 0.05) is 12.6 Å². The van der Waals surface area contributed by atoms with Crippen molar-refractivity contribution in [3.8, 4) is 0 Å². The van der Waals surface area contributed by atoms with E-state index in [1.807, 2.05) is 61.5 Å². The van der Waals surface area contributed by atoms with Crippen LogP contribution in [0.2, 0.25) is 0 Å². The fourth-order valence-electron chi connectivity index (χ4n) is 3.18. The van der Waals surface area contributed by atoms with Gasteiger partial charge in [-0.25, -0.2) is 4.79 Å². The summed E-state index contributed by atoms with van der Waals surface area (Å²) in [7, 11) is 0. The number of ether oxygens (including phenoxy) is 2. The van der Waals surface area contributed by atoms with E-state index in [1.165, 1.54) is 5.56 Å². The van der Waals surface area contributed by atoms with Gasteiger partial charge in [0.25, 0.3) is 0 Å². The zero-order valence-electron chi connectivity index (χ0n) is 14.6. The number of carbonyl (C=O) groups excluding carboxylic acids is 1. The van der Waals surface area contributed by atoms with Crippen LogP contribution >= 0.6 is 0 Å². The lowest BCUT2D eigenvalue weighted by molar-refractivity contribution is 0.0297. The average molecular weight is 339 g/mol. The molecule has 0 bridgehead atoms. The predicted molar refractivity (Wildman–Crippen MR) is 97.4 cm³/mol. The Kier molecular flexibility index (Phi) is 6.20. The van der Waals surface area contributed by atoms with Crippen molar-refractivity contribution in [2.24, 2.45) is 0 Å². The summed E-state index contributed by atoms with van der Waals surface area (Å²) in [6.07, 6.45) is 2.33. The van der Waals surface area contributed by atoms with E-state index in [0.717, 1.165) is 31.6 Å². The molecule has 0 amide bonds. The first-order chi connectivity index (χ1) is 12.3. The second kappa shape index (κ2) is 8.79. The van der Waals surface area contributed by atoms with Crippen LogP contribution < -0.4 is 5.32 Å². The Morgan fingerprint density at radius 1 is 1.12 bits per heavy atom. The number of carbonyl (C=O) groups is 1. The zero-order chi connectivity index (χ0) is 17.5. The molecule has 0 saturated carbocycles. The van der Waals surface area contributed by atoms with Gasteiger partial charge < -0.3 is 14.8 Å². The maximum atomic E-state index is 12.2. The maximum absolute atomic E-state index is 12.2. The second-order valence-electron chi connectivity index (χ2n) is 6.29. The van der Waals surface area contributed by atoms with Gasteiger partial charge in [0.15, 0.2) is 0 Å². The molecule has 0 spiro atoms. The minimum absolute atomic E-state index is 0.277. The van der Waals surface area contributed by atoms with E-state index in [1.54, 1.807) is 0 Å². The van der Waals surface area contributed by atoms with Crippen molar-refractivity contribution in [2.45, 2.75) is 38.5 Å². The second-order valence-corrected chi connectivity index (χ2v) is 6.29. The third-order valence-corrected chi connectivity index (χ3v) is 4.52. The van der Waals surface area contributed by atoms with Crippen LogP contribution in [0, 0.1) is 0 Å². The highest BCUT2D eigenvalue weighted by Gasteiger charge is 2.23. The van der Waals surface area contributed by atoms with Crippen LogP contribution in [0.3, 0.4) is 0 Å². The molecule has 1 N–H and O–H groups in total. The number of piperidine rings is 1. The molecule has 1 heterocycles. The van der Waals surface area contributed by atoms with Gasteiger partial charge in [0.1, 0.15) is 6.61 Å². The molecule has 1 aliphatic heterocycles. The summed E-state index contributed by atoms with van der Waals surface area (Å²) in [5.41, 5.74) is 2.75. The summed E-state index contributed by atoms with van der Waals surface area (Å²) in [6.45, 7) is 4.04. The molecular weight excluding hydrogens is 314 g/mol. The van der Waals surface area contributed by atoms with Crippen molar-refractivity contribution >= 4 is 5.97 Å². The molecule has 1 aliphatic rings. The fraction of sp³-hybridized carbons (Fsp3) is 0.381. The topological polar surface area (TPSA) is 47.6 Å². The SMILES string of the molecule is CCO[C@H]1CCN[C@H](c2ccc(C(=O)OCc3ccccc3)cc2)C1. The van der Waals surface area contributed by atoms with E-state index in [9.17, 15) is 4.79 Å². The number of hydrogen-bond acceptors (Lipinski definition) is 4. The van der Waals surface area contributed by atoms with Gasteiger partial charge in [-0.15, -0.1) is 0 Å². The average Bonchev–Trinajstić information content (AvgIpc) is 2.67. The Balaban J connectivity index is 1.57. The molecule has 1 fully saturated rings. The van der Waals surface area contributed by atoms with Crippen molar-refractivity contribution in [3.63, 3.8) is 0 Å². The minimum atomic E-state index is -0.292. The van der Waals surface area contributed by atoms with Gasteiger partial charge in [-0.1, -0.05) is 42.5 Å². The number of hydrogen-bond donors (Lipinski definition) is 1. The van der Waals surface area contributed by atoms with Gasteiger partial charge in [0.2, 0.25) is 0 Å². The molecule has 132 valence electrons. The summed E-state index contributed by atoms with van der Waals surface area (Å²) < 4.78 is 11.1. The molecule has 2 atom stereocenters. The molecular formula is C21H25NO3. The van der Waals surface area contributed by atoms with Gasteiger partial charge in [0.05, 0.1) is 11.7 Å². The van der Waals surface area contributed by atoms with Crippen LogP contribution in [0.5, 0.6) is 0 Å². The molecule has 1 saturated heterocycles. The molecule has 0 unspecified atom stereocenters. The molecule has 3 rings (SSSR count). The Labute approximate surface area is 149 Å². The number of rotatable bonds is 6. The van der Waals surface area contributed by atoms with E-state index in [4.69, 9.17) is 9.47 Å². The van der Waals surface area contributed by atoms with Gasteiger partial charge in [-0.2, -0.15) is 0 Å². The third-order valence-electron chi connectivity index (χ3n) is 4.52. The Morgan fingerprint density at radius 2 is 1.88 bits per heavy atom. The molecule has 2 aromatic rings. The van der Waals surface area contributed by atoms with Crippen molar-refractivity contribution < 1.29 is 14.3 Å². The van der Waals surface area contributed by atoms with E-state index < -0.39 is 0 Å². The highest BCUT2D eigenvalue weighted by atomic mass is 16.5. The lowest BCUT2D eigenvalue weighted by Crippen LogP contribution is -2.35. The van der Waals surface area contributed by atoms with Crippen molar-refractivity contribution in [1.29, 1.82) is 0 Å². The normalized spacial score (nSPS) is 20.2. The summed E-state index contributed by atoms with van der Waals surface area (Å²) in [6, 6.07) is 17.7. The van der Waals surface area contributed by atoms with Crippen LogP contribution in [-0.2, 0) is 16.1 Å². The van der Waals surface area contributed by atoms with Crippen LogP contribution in [0.1, 0.15) is 47.3 Å². The Bertz CT molecular complexity index is 667. The first-order valence-corrected chi connectivity index (χ1v) is 8.92. The summed E-state index contributed by atoms with van der Waals surface area (Å²) >= 11 is 0. The lowest BCUT2D eigenvalue weighted by atomic mass is 9.95. The quantitative estimate of drug-likeness (QED) is 0.812. The summed E-state index contributed by atoms with van der Waals surface area (Å²) in [5, 5.41) is 3.52. The lowest BCUT2D eigenvalue weighted by Gasteiger charge is -2.30. The van der Waals surface area contributed by atoms with Crippen LogP contribution in [0.15, 0.2) is 54.6 Å². The molecule has 0 aromatic heterocycles. The predicted octanol–water partition coefficient (Wildman–Crippen LogP) is 3.87. The van der Waals surface area contributed by atoms with E-state index in [0.29, 0.717) is 18.3 Å². The Hall–Kier alpha value is -2.17. The minimum Gasteiger partial charge on any atom is -0.457 e. The van der Waals surface area contributed by atoms with Crippen LogP contribution in [0.25, 0.3) is 0 Å². The number of esters is 1. The fourth-order valence-corrected chi connectivity index (χ4v) is 3.18. The molecule has 2 aromatic carbocycles. The molecule has 4 nitrogen and oxygen atoms in total. The van der Waals surface area contributed by atoms with Crippen molar-refractivity contribution in [1.82, 2.24) is 5.32 Å². The van der Waals surface area contributed by atoms with E-state index in [2.05, 4.69) is 5.32 Å². The molecule has 0 radical (unpaired) electrons. The molecule has 25 heavy (non-hydrogen) atoms. The highest BCUT2D eigenvalue weighted by molar-refractivity contribution is 5.89. The van der Waals surface area contributed by atoms with Gasteiger partial charge in [-0.3, -0.25) is 0 Å². The molecule has 0 aliphatic carbocycles. The largest absolute Gasteiger partial charge is 0.457 e. The first kappa shape index (κ1) is 17.6. The zero-order valence-corrected chi connectivity index (χ0v) is 14.6. The first-order valence-electron chi connectivity index (χ1n) is 8.92. The number of benzene rings is 2. The van der Waals surface area contributed by atoms with Crippen molar-refractivity contribution in [2.75, 3.05) is 13.2 Å². The monoisotopic (exact) mass is 339 g/mol. The van der Waals surface area contributed by atoms with Crippen LogP contribution in [-0.4, -0.2) is 25.2 Å². The number of nitrogens with one attached hydrogen (secondary N) is 1. The summed E-state index contributed by atoms with van der Waals surface area (Å²) in [4.78, 5) is 12.2. The van der Waals surface area contributed by atoms with Crippen molar-refractivity contribution in [3.05, 3.63) is 71.3 Å². The summed E-state index contributed by atoms with van der Waals surface area (Å²) in [5.74, 6) is -0.292. The van der Waals surface area contributed by atoms with E-state index >= 15 is 0 Å². The Morgan fingerprint density at radius 3 is 2.60 bits per heavy atom. The highest BCUT2D eigenvalue weighted by Crippen LogP contribution is 2.25.